The van der Waals surface area contributed by atoms with Gasteiger partial charge in [-0.25, -0.2) is 9.69 Å². The summed E-state index contributed by atoms with van der Waals surface area (Å²) in [5.41, 5.74) is 13.9. The highest BCUT2D eigenvalue weighted by molar-refractivity contribution is 6.14. The third-order valence-electron chi connectivity index (χ3n) is 14.3. The molecule has 0 aliphatic heterocycles. The highest BCUT2D eigenvalue weighted by Crippen LogP contribution is 2.46. The van der Waals surface area contributed by atoms with E-state index in [0.29, 0.717) is 44.9 Å². The Balaban J connectivity index is 1.20. The van der Waals surface area contributed by atoms with Crippen LogP contribution in [0, 0.1) is 54.1 Å². The lowest BCUT2D eigenvalue weighted by atomic mass is 9.97. The molecule has 7 nitrogen and oxygen atoms in total. The molecule has 2 aromatic heterocycles. The van der Waals surface area contributed by atoms with E-state index in [9.17, 15) is 29.0 Å². The Morgan fingerprint density at radius 2 is 0.740 bits per heavy atom. The van der Waals surface area contributed by atoms with Crippen molar-refractivity contribution in [2.75, 3.05) is 0 Å². The molecule has 0 unspecified atom stereocenters. The van der Waals surface area contributed by atoms with E-state index in [2.05, 4.69) is 61.3 Å². The first kappa shape index (κ1) is 47.1. The molecule has 0 aliphatic carbocycles. The maximum atomic E-state index is 14.7. The molecule has 0 saturated heterocycles. The zero-order valence-electron chi connectivity index (χ0n) is 40.8. The second-order valence-corrected chi connectivity index (χ2v) is 18.9. The van der Waals surface area contributed by atoms with Crippen molar-refractivity contribution in [3.63, 3.8) is 0 Å². The van der Waals surface area contributed by atoms with E-state index in [4.69, 9.17) is 13.1 Å². The molecule has 0 amide bonds. The molecule has 360 valence electrons. The summed E-state index contributed by atoms with van der Waals surface area (Å²) in [6.07, 6.45) is -4.65. The standard InChI is InChI=1S/C67H36F3N7/c1-40-28-52(30-53(29-40)67(68,69)70)55-35-65(76-61-24-18-48(44-10-4-41(37-71)5-11-44)31-56(61)57-32-49(19-25-62(57)76)45-12-6-42(38-72)7-13-45)66(36-60(55)75-3)77-63-26-20-50(46-14-8-43(39-73)9-15-46)33-58(63)59-34-51(21-27-64(59)77)47-16-22-54(74-2)23-17-47/h4-36H,1H3. The number of rotatable bonds is 7. The lowest BCUT2D eigenvalue weighted by Gasteiger charge is -2.20. The van der Waals surface area contributed by atoms with Crippen LogP contribution in [0.25, 0.3) is 120 Å². The first-order valence-electron chi connectivity index (χ1n) is 24.3. The van der Waals surface area contributed by atoms with Gasteiger partial charge in [-0.05, 0) is 177 Å². The molecular formula is C67H36F3N7. The highest BCUT2D eigenvalue weighted by atomic mass is 19.4. The minimum Gasteiger partial charge on any atom is -0.308 e. The van der Waals surface area contributed by atoms with E-state index in [1.54, 1.807) is 67.6 Å². The molecule has 10 aromatic carbocycles. The molecule has 0 fully saturated rings. The van der Waals surface area contributed by atoms with E-state index in [0.717, 1.165) is 100 Å². The fourth-order valence-electron chi connectivity index (χ4n) is 10.6. The first-order chi connectivity index (χ1) is 37.4. The number of aromatic nitrogens is 2. The maximum Gasteiger partial charge on any atom is 0.416 e. The minimum absolute atomic E-state index is 0.148. The zero-order chi connectivity index (χ0) is 53.1. The molecule has 12 rings (SSSR count). The largest absolute Gasteiger partial charge is 0.416 e. The Morgan fingerprint density at radius 3 is 1.08 bits per heavy atom. The topological polar surface area (TPSA) is 89.9 Å². The zero-order valence-corrected chi connectivity index (χ0v) is 40.8. The van der Waals surface area contributed by atoms with Crippen LogP contribution in [0.3, 0.4) is 0 Å². The average Bonchev–Trinajstić information content (AvgIpc) is 4.20. The van der Waals surface area contributed by atoms with Gasteiger partial charge in [-0.3, -0.25) is 0 Å². The third kappa shape index (κ3) is 8.25. The van der Waals surface area contributed by atoms with Gasteiger partial charge in [0.25, 0.3) is 0 Å². The molecule has 2 heterocycles. The summed E-state index contributed by atoms with van der Waals surface area (Å²) in [5, 5.41) is 32.3. The monoisotopic (exact) mass is 995 g/mol. The fraction of sp³-hybridized carbons (Fsp3) is 0.0299. The van der Waals surface area contributed by atoms with Gasteiger partial charge in [0.1, 0.15) is 0 Å². The van der Waals surface area contributed by atoms with Crippen LogP contribution in [0.5, 0.6) is 0 Å². The number of aryl methyl sites for hydroxylation is 1. The van der Waals surface area contributed by atoms with Gasteiger partial charge in [0.2, 0.25) is 0 Å². The van der Waals surface area contributed by atoms with Gasteiger partial charge in [-0.1, -0.05) is 91.0 Å². The van der Waals surface area contributed by atoms with E-state index in [-0.39, 0.29) is 11.3 Å². The second-order valence-electron chi connectivity index (χ2n) is 18.9. The molecule has 0 atom stereocenters. The van der Waals surface area contributed by atoms with Crippen LogP contribution >= 0.6 is 0 Å². The van der Waals surface area contributed by atoms with Crippen LogP contribution < -0.4 is 0 Å². The van der Waals surface area contributed by atoms with Gasteiger partial charge < -0.3 is 9.13 Å². The molecule has 12 aromatic rings. The Morgan fingerprint density at radius 1 is 0.390 bits per heavy atom. The molecule has 0 N–H and O–H groups in total. The summed E-state index contributed by atoms with van der Waals surface area (Å²) in [5.74, 6) is 0. The number of nitriles is 3. The van der Waals surface area contributed by atoms with Crippen LogP contribution in [-0.2, 0) is 6.18 Å². The van der Waals surface area contributed by atoms with Gasteiger partial charge in [0.15, 0.2) is 11.4 Å². The van der Waals surface area contributed by atoms with E-state index in [1.807, 2.05) is 103 Å². The molecule has 0 radical (unpaired) electrons. The smallest absolute Gasteiger partial charge is 0.308 e. The number of halogens is 3. The van der Waals surface area contributed by atoms with Gasteiger partial charge in [-0.15, -0.1) is 0 Å². The molecule has 0 bridgehead atoms. The molecule has 0 aliphatic rings. The second kappa shape index (κ2) is 18.5. The predicted molar refractivity (Wildman–Crippen MR) is 299 cm³/mol. The molecule has 0 saturated carbocycles. The van der Waals surface area contributed by atoms with Crippen molar-refractivity contribution in [1.82, 2.24) is 9.13 Å². The predicted octanol–water partition coefficient (Wildman–Crippen LogP) is 18.3. The summed E-state index contributed by atoms with van der Waals surface area (Å²) < 4.78 is 48.2. The van der Waals surface area contributed by atoms with Gasteiger partial charge in [0.05, 0.1) is 87.0 Å². The molecule has 10 heteroatoms. The number of benzene rings is 10. The van der Waals surface area contributed by atoms with E-state index in [1.165, 1.54) is 0 Å². The lowest BCUT2D eigenvalue weighted by molar-refractivity contribution is -0.137. The van der Waals surface area contributed by atoms with Crippen molar-refractivity contribution in [2.24, 2.45) is 0 Å². The molecule has 0 spiro atoms. The van der Waals surface area contributed by atoms with Gasteiger partial charge >= 0.3 is 6.18 Å². The Hall–Kier alpha value is -11.0. The van der Waals surface area contributed by atoms with E-state index >= 15 is 0 Å². The summed E-state index contributed by atoms with van der Waals surface area (Å²) in [6, 6.07) is 68.4. The quantitative estimate of drug-likeness (QED) is 0.149. The van der Waals surface area contributed by atoms with Crippen LogP contribution in [-0.4, -0.2) is 9.13 Å². The normalized spacial score (nSPS) is 11.3. The highest BCUT2D eigenvalue weighted by Gasteiger charge is 2.32. The Labute approximate surface area is 440 Å². The van der Waals surface area contributed by atoms with Gasteiger partial charge in [-0.2, -0.15) is 29.0 Å². The van der Waals surface area contributed by atoms with Gasteiger partial charge in [0, 0.05) is 21.5 Å². The van der Waals surface area contributed by atoms with Crippen molar-refractivity contribution < 1.29 is 13.2 Å². The summed E-state index contributed by atoms with van der Waals surface area (Å²) >= 11 is 0. The summed E-state index contributed by atoms with van der Waals surface area (Å²) in [4.78, 5) is 7.65. The van der Waals surface area contributed by atoms with Crippen LogP contribution in [0.4, 0.5) is 24.5 Å². The number of nitrogens with zero attached hydrogens (tertiary/aromatic N) is 7. The minimum atomic E-state index is -4.65. The number of hydrogen-bond acceptors (Lipinski definition) is 3. The molecule has 77 heavy (non-hydrogen) atoms. The van der Waals surface area contributed by atoms with Crippen molar-refractivity contribution in [3.05, 3.63) is 251 Å². The van der Waals surface area contributed by atoms with Crippen LogP contribution in [0.15, 0.2) is 200 Å². The van der Waals surface area contributed by atoms with Crippen LogP contribution in [0.1, 0.15) is 27.8 Å². The summed E-state index contributed by atoms with van der Waals surface area (Å²) in [6.45, 7) is 17.9. The lowest BCUT2D eigenvalue weighted by Crippen LogP contribution is -2.06. The SMILES string of the molecule is [C-]#[N+]c1ccc(-c2ccc3c(c2)c2cc(-c4ccc(C#N)cc4)ccc2n3-c2cc([N+]#[C-])c(-c3cc(C)cc(C(F)(F)F)c3)cc2-n2c3ccc(-c4ccc(C#N)cc4)cc3c3cc(-c4ccc(C#N)cc4)ccc32)cc1. The Bertz CT molecular complexity index is 4410. The number of alkyl halides is 3. The average molecular weight is 996 g/mol. The summed E-state index contributed by atoms with van der Waals surface area (Å²) in [7, 11) is 0. The maximum absolute atomic E-state index is 14.7. The fourth-order valence-corrected chi connectivity index (χ4v) is 10.6. The van der Waals surface area contributed by atoms with Crippen molar-refractivity contribution in [3.8, 4) is 85.2 Å². The van der Waals surface area contributed by atoms with Crippen molar-refractivity contribution in [2.45, 2.75) is 13.1 Å². The van der Waals surface area contributed by atoms with Crippen molar-refractivity contribution in [1.29, 1.82) is 15.8 Å². The van der Waals surface area contributed by atoms with Crippen LogP contribution in [0.2, 0.25) is 0 Å². The number of hydrogen-bond donors (Lipinski definition) is 0. The van der Waals surface area contributed by atoms with E-state index < -0.39 is 11.7 Å². The Kier molecular flexibility index (Phi) is 11.3. The molecular weight excluding hydrogens is 960 g/mol. The number of fused-ring (bicyclic) bond motifs is 6. The third-order valence-corrected chi connectivity index (χ3v) is 14.3. The first-order valence-corrected chi connectivity index (χ1v) is 24.3. The van der Waals surface area contributed by atoms with Crippen molar-refractivity contribution >= 4 is 55.0 Å².